The van der Waals surface area contributed by atoms with Crippen molar-refractivity contribution in [2.24, 2.45) is 0 Å². The van der Waals surface area contributed by atoms with E-state index in [2.05, 4.69) is 25.3 Å². The molecule has 0 radical (unpaired) electrons. The van der Waals surface area contributed by atoms with Crippen LogP contribution in [0.15, 0.2) is 42.9 Å². The number of amides is 2. The number of urea groups is 1. The maximum atomic E-state index is 13.7. The number of carbonyl (C=O) groups excluding carboxylic acids is 1. The summed E-state index contributed by atoms with van der Waals surface area (Å²) in [7, 11) is 0. The van der Waals surface area contributed by atoms with Gasteiger partial charge in [0.1, 0.15) is 18.0 Å². The monoisotopic (exact) mass is 395 g/mol. The summed E-state index contributed by atoms with van der Waals surface area (Å²) < 4.78 is 15.4. The summed E-state index contributed by atoms with van der Waals surface area (Å²) in [5.41, 5.74) is 1.92. The topological polar surface area (TPSA) is 79.2 Å². The molecule has 0 aliphatic carbocycles. The molecule has 1 aliphatic rings. The lowest BCUT2D eigenvalue weighted by atomic mass is 10.2. The Hall–Kier alpha value is -3.49. The average Bonchev–Trinajstić information content (AvgIpc) is 3.17. The van der Waals surface area contributed by atoms with Crippen molar-refractivity contribution in [3.8, 4) is 5.82 Å². The van der Waals surface area contributed by atoms with Gasteiger partial charge in [-0.25, -0.2) is 23.8 Å². The van der Waals surface area contributed by atoms with Crippen LogP contribution in [0.4, 0.5) is 20.7 Å². The quantitative estimate of drug-likeness (QED) is 0.738. The van der Waals surface area contributed by atoms with Crippen molar-refractivity contribution in [2.75, 3.05) is 36.4 Å². The van der Waals surface area contributed by atoms with E-state index in [1.54, 1.807) is 28.6 Å². The lowest BCUT2D eigenvalue weighted by Crippen LogP contribution is -2.50. The van der Waals surface area contributed by atoms with Gasteiger partial charge in [0.05, 0.1) is 5.69 Å². The molecule has 150 valence electrons. The van der Waals surface area contributed by atoms with Gasteiger partial charge in [-0.1, -0.05) is 6.07 Å². The predicted molar refractivity (Wildman–Crippen MR) is 108 cm³/mol. The Labute approximate surface area is 168 Å². The van der Waals surface area contributed by atoms with Gasteiger partial charge in [0.15, 0.2) is 5.82 Å². The van der Waals surface area contributed by atoms with Crippen LogP contribution in [0, 0.1) is 19.7 Å². The average molecular weight is 395 g/mol. The predicted octanol–water partition coefficient (Wildman–Crippen LogP) is 2.77. The maximum absolute atomic E-state index is 13.7. The van der Waals surface area contributed by atoms with Crippen molar-refractivity contribution >= 4 is 17.5 Å². The zero-order valence-electron chi connectivity index (χ0n) is 16.3. The van der Waals surface area contributed by atoms with E-state index in [0.29, 0.717) is 43.2 Å². The van der Waals surface area contributed by atoms with E-state index in [-0.39, 0.29) is 11.8 Å². The fourth-order valence-corrected chi connectivity index (χ4v) is 3.19. The summed E-state index contributed by atoms with van der Waals surface area (Å²) in [6.45, 7) is 5.98. The first-order valence-corrected chi connectivity index (χ1v) is 9.41. The largest absolute Gasteiger partial charge is 0.353 e. The zero-order chi connectivity index (χ0) is 20.4. The van der Waals surface area contributed by atoms with Crippen molar-refractivity contribution in [1.29, 1.82) is 0 Å². The molecule has 1 aliphatic heterocycles. The first-order valence-electron chi connectivity index (χ1n) is 9.41. The van der Waals surface area contributed by atoms with Gasteiger partial charge in [-0.2, -0.15) is 5.10 Å². The third kappa shape index (κ3) is 4.18. The molecule has 1 fully saturated rings. The molecule has 3 aromatic rings. The van der Waals surface area contributed by atoms with Crippen LogP contribution in [0.1, 0.15) is 11.3 Å². The number of benzene rings is 1. The molecule has 2 amide bonds. The Balaban J connectivity index is 1.38. The number of hydrogen-bond acceptors (Lipinski definition) is 5. The summed E-state index contributed by atoms with van der Waals surface area (Å²) >= 11 is 0. The number of anilines is 2. The van der Waals surface area contributed by atoms with Crippen LogP contribution in [0.25, 0.3) is 5.82 Å². The lowest BCUT2D eigenvalue weighted by molar-refractivity contribution is 0.208. The highest BCUT2D eigenvalue weighted by Crippen LogP contribution is 2.18. The highest BCUT2D eigenvalue weighted by Gasteiger charge is 2.22. The van der Waals surface area contributed by atoms with Crippen LogP contribution in [0.3, 0.4) is 0 Å². The Morgan fingerprint density at radius 1 is 1.03 bits per heavy atom. The number of rotatable bonds is 3. The van der Waals surface area contributed by atoms with E-state index in [0.717, 1.165) is 11.5 Å². The smallest absolute Gasteiger partial charge is 0.321 e. The van der Waals surface area contributed by atoms with Crippen LogP contribution >= 0.6 is 0 Å². The molecule has 0 saturated carbocycles. The number of nitrogens with one attached hydrogen (secondary N) is 1. The molecule has 0 unspecified atom stereocenters. The number of carbonyl (C=O) groups is 1. The third-order valence-corrected chi connectivity index (χ3v) is 4.91. The van der Waals surface area contributed by atoms with E-state index in [9.17, 15) is 9.18 Å². The second kappa shape index (κ2) is 7.86. The van der Waals surface area contributed by atoms with Gasteiger partial charge in [-0.05, 0) is 37.6 Å². The molecular formula is C20H22FN7O. The standard InChI is InChI=1S/C20H22FN7O/c1-14-3-4-16(11-17(14)21)24-20(29)27-9-7-26(8-10-27)18-12-19(23-13-22-18)28-6-5-15(2)25-28/h3-6,11-13H,7-10H2,1-2H3,(H,24,29). The Kier molecular flexibility index (Phi) is 5.11. The number of hydrogen-bond donors (Lipinski definition) is 1. The van der Waals surface area contributed by atoms with Gasteiger partial charge in [0.2, 0.25) is 0 Å². The summed E-state index contributed by atoms with van der Waals surface area (Å²) in [6, 6.07) is 8.25. The van der Waals surface area contributed by atoms with Gasteiger partial charge < -0.3 is 15.1 Å². The van der Waals surface area contributed by atoms with E-state index in [4.69, 9.17) is 0 Å². The molecule has 8 nitrogen and oxygen atoms in total. The van der Waals surface area contributed by atoms with Crippen molar-refractivity contribution in [3.05, 3.63) is 59.9 Å². The molecule has 0 spiro atoms. The van der Waals surface area contributed by atoms with Crippen molar-refractivity contribution in [2.45, 2.75) is 13.8 Å². The minimum atomic E-state index is -0.334. The second-order valence-corrected chi connectivity index (χ2v) is 7.00. The van der Waals surface area contributed by atoms with E-state index in [1.165, 1.54) is 12.4 Å². The number of aromatic nitrogens is 4. The molecule has 3 heterocycles. The highest BCUT2D eigenvalue weighted by molar-refractivity contribution is 5.89. The molecule has 1 saturated heterocycles. The van der Waals surface area contributed by atoms with E-state index >= 15 is 0 Å². The molecule has 1 N–H and O–H groups in total. The zero-order valence-corrected chi connectivity index (χ0v) is 16.3. The van der Waals surface area contributed by atoms with Crippen LogP contribution in [-0.4, -0.2) is 56.9 Å². The fraction of sp³-hybridized carbons (Fsp3) is 0.300. The number of nitrogens with zero attached hydrogens (tertiary/aromatic N) is 6. The molecule has 29 heavy (non-hydrogen) atoms. The highest BCUT2D eigenvalue weighted by atomic mass is 19.1. The Morgan fingerprint density at radius 2 is 1.79 bits per heavy atom. The minimum absolute atomic E-state index is 0.233. The van der Waals surface area contributed by atoms with Crippen molar-refractivity contribution < 1.29 is 9.18 Å². The van der Waals surface area contributed by atoms with Gasteiger partial charge >= 0.3 is 6.03 Å². The Morgan fingerprint density at radius 3 is 2.48 bits per heavy atom. The summed E-state index contributed by atoms with van der Waals surface area (Å²) in [6.07, 6.45) is 3.38. The fourth-order valence-electron chi connectivity index (χ4n) is 3.19. The van der Waals surface area contributed by atoms with Crippen LogP contribution in [-0.2, 0) is 0 Å². The number of halogens is 1. The Bertz CT molecular complexity index is 1030. The summed E-state index contributed by atoms with van der Waals surface area (Å²) in [5, 5.41) is 7.13. The van der Waals surface area contributed by atoms with Gasteiger partial charge in [0.25, 0.3) is 0 Å². The van der Waals surface area contributed by atoms with Crippen LogP contribution in [0.2, 0.25) is 0 Å². The molecule has 0 bridgehead atoms. The van der Waals surface area contributed by atoms with Crippen LogP contribution in [0.5, 0.6) is 0 Å². The van der Waals surface area contributed by atoms with Crippen LogP contribution < -0.4 is 10.2 Å². The van der Waals surface area contributed by atoms with Gasteiger partial charge in [-0.15, -0.1) is 0 Å². The second-order valence-electron chi connectivity index (χ2n) is 7.00. The first kappa shape index (κ1) is 18.9. The van der Waals surface area contributed by atoms with Crippen molar-refractivity contribution in [3.63, 3.8) is 0 Å². The molecule has 4 rings (SSSR count). The molecule has 0 atom stereocenters. The lowest BCUT2D eigenvalue weighted by Gasteiger charge is -2.35. The molecule has 1 aromatic carbocycles. The molecule has 9 heteroatoms. The number of piperazine rings is 1. The van der Waals surface area contributed by atoms with Gasteiger partial charge in [0, 0.05) is 44.1 Å². The van der Waals surface area contributed by atoms with Gasteiger partial charge in [-0.3, -0.25) is 0 Å². The number of aryl methyl sites for hydroxylation is 2. The molecule has 2 aromatic heterocycles. The maximum Gasteiger partial charge on any atom is 0.321 e. The summed E-state index contributed by atoms with van der Waals surface area (Å²) in [5.74, 6) is 1.16. The van der Waals surface area contributed by atoms with E-state index in [1.807, 2.05) is 25.3 Å². The molecular weight excluding hydrogens is 373 g/mol. The van der Waals surface area contributed by atoms with Crippen molar-refractivity contribution in [1.82, 2.24) is 24.6 Å². The minimum Gasteiger partial charge on any atom is -0.353 e. The SMILES string of the molecule is Cc1ccn(-c2cc(N3CCN(C(=O)Nc4ccc(C)c(F)c4)CC3)ncn2)n1. The third-order valence-electron chi connectivity index (χ3n) is 4.91. The summed E-state index contributed by atoms with van der Waals surface area (Å²) in [4.78, 5) is 25.0. The van der Waals surface area contributed by atoms with E-state index < -0.39 is 0 Å². The normalized spacial score (nSPS) is 14.2. The first-order chi connectivity index (χ1) is 14.0.